The van der Waals surface area contributed by atoms with Crippen molar-refractivity contribution in [2.75, 3.05) is 37.2 Å². The predicted molar refractivity (Wildman–Crippen MR) is 115 cm³/mol. The van der Waals surface area contributed by atoms with Gasteiger partial charge < -0.3 is 19.7 Å². The number of halogens is 5. The molecule has 3 rings (SSSR count). The first kappa shape index (κ1) is 25.7. The van der Waals surface area contributed by atoms with Gasteiger partial charge in [0.1, 0.15) is 6.04 Å². The molecule has 1 aliphatic heterocycles. The van der Waals surface area contributed by atoms with Gasteiger partial charge in [0.2, 0.25) is 11.7 Å². The van der Waals surface area contributed by atoms with Gasteiger partial charge in [0.25, 0.3) is 0 Å². The first-order chi connectivity index (χ1) is 15.7. The number of rotatable bonds is 6. The van der Waals surface area contributed by atoms with Crippen molar-refractivity contribution in [2.45, 2.75) is 29.1 Å². The standard InChI is InChI=1S/C21H22F5N3O4S/c1-32-18-15(8-7-14(22)17(18)23)29-11-20(33-2,21(24,25)26)10-16(29)19(30)28-12-5-4-6-13(9-12)34(3,27)31/h4-9,16,27H,10-11H2,1-3H3,(H,28,30)/t16-,20-,34-/m1/s1. The number of carbonyl (C=O) groups is 1. The summed E-state index contributed by atoms with van der Waals surface area (Å²) >= 11 is 0. The highest BCUT2D eigenvalue weighted by Crippen LogP contribution is 2.47. The van der Waals surface area contributed by atoms with E-state index in [0.29, 0.717) is 0 Å². The third kappa shape index (κ3) is 4.67. The first-order valence-electron chi connectivity index (χ1n) is 9.79. The van der Waals surface area contributed by atoms with Crippen molar-refractivity contribution in [1.82, 2.24) is 0 Å². The van der Waals surface area contributed by atoms with Gasteiger partial charge in [-0.1, -0.05) is 6.07 Å². The van der Waals surface area contributed by atoms with Crippen molar-refractivity contribution >= 4 is 27.0 Å². The number of nitrogens with one attached hydrogen (secondary N) is 2. The SMILES string of the molecule is COc1c(N2C[C@@](OC)(C(F)(F)F)C[C@@H]2C(=O)Nc2cccc([S@](C)(=N)=O)c2)ccc(F)c1F. The average molecular weight is 507 g/mol. The Bertz CT molecular complexity index is 1210. The van der Waals surface area contributed by atoms with Crippen LogP contribution in [0.4, 0.5) is 33.3 Å². The molecule has 34 heavy (non-hydrogen) atoms. The fraction of sp³-hybridized carbons (Fsp3) is 0.381. The maximum absolute atomic E-state index is 14.3. The molecule has 0 aromatic heterocycles. The summed E-state index contributed by atoms with van der Waals surface area (Å²) in [6, 6.07) is 5.76. The number of alkyl halides is 3. The van der Waals surface area contributed by atoms with Gasteiger partial charge in [0.05, 0.1) is 29.1 Å². The zero-order chi connectivity index (χ0) is 25.5. The van der Waals surface area contributed by atoms with Gasteiger partial charge in [-0.05, 0) is 30.3 Å². The van der Waals surface area contributed by atoms with E-state index in [1.54, 1.807) is 0 Å². The fourth-order valence-electron chi connectivity index (χ4n) is 3.81. The van der Waals surface area contributed by atoms with Gasteiger partial charge in [-0.3, -0.25) is 4.79 Å². The summed E-state index contributed by atoms with van der Waals surface area (Å²) in [5, 5.41) is 2.45. The highest BCUT2D eigenvalue weighted by atomic mass is 32.2. The molecule has 7 nitrogen and oxygen atoms in total. The Hall–Kier alpha value is -2.93. The normalized spacial score (nSPS) is 22.4. The molecule has 0 radical (unpaired) electrons. The molecule has 13 heteroatoms. The molecule has 2 aromatic rings. The van der Waals surface area contributed by atoms with Gasteiger partial charge in [-0.15, -0.1) is 0 Å². The Morgan fingerprint density at radius 1 is 1.24 bits per heavy atom. The van der Waals surface area contributed by atoms with E-state index in [1.165, 1.54) is 30.5 Å². The summed E-state index contributed by atoms with van der Waals surface area (Å²) in [6.45, 7) is -0.887. The van der Waals surface area contributed by atoms with Crippen molar-refractivity contribution in [1.29, 1.82) is 4.78 Å². The maximum Gasteiger partial charge on any atom is 0.419 e. The molecule has 1 amide bonds. The summed E-state index contributed by atoms with van der Waals surface area (Å²) in [5.74, 6) is -4.25. The Labute approximate surface area is 192 Å². The Kier molecular flexibility index (Phi) is 6.82. The van der Waals surface area contributed by atoms with Gasteiger partial charge in [-0.2, -0.15) is 17.6 Å². The summed E-state index contributed by atoms with van der Waals surface area (Å²) in [6.07, 6.45) is -4.55. The molecule has 1 fully saturated rings. The van der Waals surface area contributed by atoms with Crippen LogP contribution in [-0.4, -0.2) is 55.0 Å². The van der Waals surface area contributed by atoms with Gasteiger partial charge in [0.15, 0.2) is 17.2 Å². The molecule has 2 aromatic carbocycles. The molecule has 0 aliphatic carbocycles. The van der Waals surface area contributed by atoms with Crippen LogP contribution in [0.25, 0.3) is 0 Å². The van der Waals surface area contributed by atoms with Crippen LogP contribution in [0.2, 0.25) is 0 Å². The molecule has 0 bridgehead atoms. The molecule has 0 spiro atoms. The topological polar surface area (TPSA) is 91.7 Å². The number of ether oxygens (including phenoxy) is 2. The maximum atomic E-state index is 14.3. The number of hydrogen-bond donors (Lipinski definition) is 2. The summed E-state index contributed by atoms with van der Waals surface area (Å²) < 4.78 is 99.4. The van der Waals surface area contributed by atoms with Crippen LogP contribution in [0.5, 0.6) is 5.75 Å². The van der Waals surface area contributed by atoms with Gasteiger partial charge in [0, 0.05) is 30.4 Å². The minimum atomic E-state index is -4.89. The minimum absolute atomic E-state index is 0.100. The third-order valence-corrected chi connectivity index (χ3v) is 6.78. The average Bonchev–Trinajstić information content (AvgIpc) is 3.16. The number of benzene rings is 2. The molecule has 3 atom stereocenters. The van der Waals surface area contributed by atoms with E-state index >= 15 is 0 Å². The monoisotopic (exact) mass is 507 g/mol. The molecule has 0 unspecified atom stereocenters. The molecular formula is C21H22F5N3O4S. The summed E-state index contributed by atoms with van der Waals surface area (Å²) in [7, 11) is -1.24. The van der Waals surface area contributed by atoms with Crippen LogP contribution < -0.4 is 15.0 Å². The van der Waals surface area contributed by atoms with E-state index in [0.717, 1.165) is 31.3 Å². The summed E-state index contributed by atoms with van der Waals surface area (Å²) in [4.78, 5) is 14.2. The van der Waals surface area contributed by atoms with Crippen molar-refractivity contribution in [3.63, 3.8) is 0 Å². The lowest BCUT2D eigenvalue weighted by atomic mass is 9.99. The van der Waals surface area contributed by atoms with Crippen molar-refractivity contribution in [2.24, 2.45) is 0 Å². The molecule has 1 saturated heterocycles. The predicted octanol–water partition coefficient (Wildman–Crippen LogP) is 4.17. The Morgan fingerprint density at radius 2 is 1.91 bits per heavy atom. The lowest BCUT2D eigenvalue weighted by Gasteiger charge is -2.31. The van der Waals surface area contributed by atoms with Crippen molar-refractivity contribution < 1.29 is 40.4 Å². The van der Waals surface area contributed by atoms with Crippen LogP contribution in [0.1, 0.15) is 6.42 Å². The van der Waals surface area contributed by atoms with E-state index in [4.69, 9.17) is 14.3 Å². The smallest absolute Gasteiger partial charge is 0.419 e. The van der Waals surface area contributed by atoms with Crippen LogP contribution in [0.15, 0.2) is 41.3 Å². The van der Waals surface area contributed by atoms with E-state index < -0.39 is 63.8 Å². The second-order valence-electron chi connectivity index (χ2n) is 7.82. The molecule has 2 N–H and O–H groups in total. The Morgan fingerprint density at radius 3 is 2.47 bits per heavy atom. The summed E-state index contributed by atoms with van der Waals surface area (Å²) in [5.41, 5.74) is -2.93. The second kappa shape index (κ2) is 9.02. The molecule has 186 valence electrons. The van der Waals surface area contributed by atoms with E-state index in [1.807, 2.05) is 0 Å². The van der Waals surface area contributed by atoms with Gasteiger partial charge >= 0.3 is 6.18 Å². The van der Waals surface area contributed by atoms with E-state index in [9.17, 15) is 31.0 Å². The molecule has 0 saturated carbocycles. The number of methoxy groups -OCH3 is 2. The highest BCUT2D eigenvalue weighted by Gasteiger charge is 2.63. The van der Waals surface area contributed by atoms with Gasteiger partial charge in [-0.25, -0.2) is 13.4 Å². The zero-order valence-electron chi connectivity index (χ0n) is 18.3. The lowest BCUT2D eigenvalue weighted by molar-refractivity contribution is -0.261. The van der Waals surface area contributed by atoms with E-state index in [2.05, 4.69) is 5.32 Å². The van der Waals surface area contributed by atoms with E-state index in [-0.39, 0.29) is 16.3 Å². The van der Waals surface area contributed by atoms with Crippen molar-refractivity contribution in [3.8, 4) is 5.75 Å². The molecule has 1 heterocycles. The lowest BCUT2D eigenvalue weighted by Crippen LogP contribution is -2.49. The zero-order valence-corrected chi connectivity index (χ0v) is 19.2. The quantitative estimate of drug-likeness (QED) is 0.573. The molecular weight excluding hydrogens is 485 g/mol. The number of amides is 1. The number of hydrogen-bond acceptors (Lipinski definition) is 6. The second-order valence-corrected chi connectivity index (χ2v) is 9.98. The highest BCUT2D eigenvalue weighted by molar-refractivity contribution is 7.91. The van der Waals surface area contributed by atoms with Crippen LogP contribution in [0.3, 0.4) is 0 Å². The number of nitrogens with zero attached hydrogens (tertiary/aromatic N) is 1. The Balaban J connectivity index is 2.06. The number of carbonyl (C=O) groups excluding carboxylic acids is 1. The number of anilines is 2. The molecule has 1 aliphatic rings. The largest absolute Gasteiger partial charge is 0.491 e. The third-order valence-electron chi connectivity index (χ3n) is 5.63. The van der Waals surface area contributed by atoms with Crippen LogP contribution in [-0.2, 0) is 19.3 Å². The van der Waals surface area contributed by atoms with Crippen molar-refractivity contribution in [3.05, 3.63) is 48.0 Å². The first-order valence-corrected chi connectivity index (χ1v) is 11.8. The van der Waals surface area contributed by atoms with Crippen LogP contribution in [0, 0.1) is 16.4 Å². The minimum Gasteiger partial charge on any atom is -0.491 e. The fourth-order valence-corrected chi connectivity index (χ4v) is 4.50. The van der Waals surface area contributed by atoms with Crippen LogP contribution >= 0.6 is 0 Å².